The van der Waals surface area contributed by atoms with Crippen LogP contribution in [0.1, 0.15) is 38.5 Å². The van der Waals surface area contributed by atoms with Crippen molar-refractivity contribution < 1.29 is 0 Å². The molecule has 17 heavy (non-hydrogen) atoms. The van der Waals surface area contributed by atoms with Crippen LogP contribution in [0.25, 0.3) is 0 Å². The average Bonchev–Trinajstić information content (AvgIpc) is 2.57. The van der Waals surface area contributed by atoms with Gasteiger partial charge in [0.25, 0.3) is 0 Å². The molecule has 1 aromatic rings. The quantitative estimate of drug-likeness (QED) is 0.513. The molecule has 0 N–H and O–H groups in total. The first-order valence-corrected chi connectivity index (χ1v) is 7.60. The van der Waals surface area contributed by atoms with Crippen LogP contribution in [0.2, 0.25) is 0 Å². The molecular formula is C16H22S. The zero-order chi connectivity index (χ0) is 11.9. The van der Waals surface area contributed by atoms with Crippen LogP contribution in [0, 0.1) is 5.92 Å². The number of benzene rings is 1. The standard InChI is InChI=1S/C16H22S/c1-2-9-14-10-5-3-8-13-16(14)17-15-11-6-4-7-12-15/h2,4,6-7,11-12,14,16H,1,3,5,8-10,13H2. The Morgan fingerprint density at radius 1 is 1.12 bits per heavy atom. The summed E-state index contributed by atoms with van der Waals surface area (Å²) in [7, 11) is 0. The summed E-state index contributed by atoms with van der Waals surface area (Å²) in [5.41, 5.74) is 0. The number of thioether (sulfide) groups is 1. The lowest BCUT2D eigenvalue weighted by Gasteiger charge is -2.23. The van der Waals surface area contributed by atoms with E-state index < -0.39 is 0 Å². The summed E-state index contributed by atoms with van der Waals surface area (Å²) in [6.07, 6.45) is 10.3. The third kappa shape index (κ3) is 3.92. The van der Waals surface area contributed by atoms with E-state index in [1.54, 1.807) is 0 Å². The second-order valence-electron chi connectivity index (χ2n) is 4.89. The maximum absolute atomic E-state index is 3.92. The zero-order valence-electron chi connectivity index (χ0n) is 10.5. The van der Waals surface area contributed by atoms with Crippen molar-refractivity contribution in [3.8, 4) is 0 Å². The van der Waals surface area contributed by atoms with Gasteiger partial charge in [-0.2, -0.15) is 0 Å². The van der Waals surface area contributed by atoms with Crippen LogP contribution in [0.15, 0.2) is 47.9 Å². The van der Waals surface area contributed by atoms with Crippen molar-refractivity contribution in [2.24, 2.45) is 5.92 Å². The van der Waals surface area contributed by atoms with Gasteiger partial charge in [-0.1, -0.05) is 43.5 Å². The molecule has 2 unspecified atom stereocenters. The number of hydrogen-bond acceptors (Lipinski definition) is 1. The SMILES string of the molecule is C=CCC1CCCCCC1Sc1ccccc1. The summed E-state index contributed by atoms with van der Waals surface area (Å²) in [4.78, 5) is 1.42. The van der Waals surface area contributed by atoms with Gasteiger partial charge in [0.2, 0.25) is 0 Å². The van der Waals surface area contributed by atoms with Gasteiger partial charge in [-0.25, -0.2) is 0 Å². The maximum Gasteiger partial charge on any atom is 0.0126 e. The van der Waals surface area contributed by atoms with E-state index in [0.29, 0.717) is 0 Å². The number of rotatable bonds is 4. The van der Waals surface area contributed by atoms with E-state index in [2.05, 4.69) is 54.7 Å². The van der Waals surface area contributed by atoms with Crippen LogP contribution in [0.5, 0.6) is 0 Å². The first kappa shape index (κ1) is 12.8. The summed E-state index contributed by atoms with van der Waals surface area (Å²) in [5, 5.41) is 0.790. The Hall–Kier alpha value is -0.690. The van der Waals surface area contributed by atoms with Crippen molar-refractivity contribution in [3.63, 3.8) is 0 Å². The molecule has 1 heteroatoms. The molecule has 0 nitrogen and oxygen atoms in total. The van der Waals surface area contributed by atoms with E-state index in [0.717, 1.165) is 11.2 Å². The van der Waals surface area contributed by atoms with E-state index in [4.69, 9.17) is 0 Å². The topological polar surface area (TPSA) is 0 Å². The van der Waals surface area contributed by atoms with Crippen molar-refractivity contribution in [3.05, 3.63) is 43.0 Å². The van der Waals surface area contributed by atoms with Gasteiger partial charge in [-0.15, -0.1) is 18.3 Å². The first-order valence-electron chi connectivity index (χ1n) is 6.73. The fourth-order valence-corrected chi connectivity index (χ4v) is 4.05. The Morgan fingerprint density at radius 2 is 1.88 bits per heavy atom. The highest BCUT2D eigenvalue weighted by atomic mass is 32.2. The molecule has 0 saturated heterocycles. The van der Waals surface area contributed by atoms with Gasteiger partial charge in [-0.3, -0.25) is 0 Å². The highest BCUT2D eigenvalue weighted by Gasteiger charge is 2.23. The van der Waals surface area contributed by atoms with Crippen LogP contribution in [0.4, 0.5) is 0 Å². The monoisotopic (exact) mass is 246 g/mol. The van der Waals surface area contributed by atoms with Gasteiger partial charge in [-0.05, 0) is 37.3 Å². The molecule has 0 aromatic heterocycles. The molecule has 2 atom stereocenters. The molecule has 1 aliphatic carbocycles. The zero-order valence-corrected chi connectivity index (χ0v) is 11.3. The molecule has 0 radical (unpaired) electrons. The van der Waals surface area contributed by atoms with E-state index in [1.807, 2.05) is 0 Å². The second-order valence-corrected chi connectivity index (χ2v) is 6.20. The van der Waals surface area contributed by atoms with Gasteiger partial charge < -0.3 is 0 Å². The lowest BCUT2D eigenvalue weighted by atomic mass is 9.96. The van der Waals surface area contributed by atoms with E-state index in [-0.39, 0.29) is 0 Å². The molecule has 1 aliphatic rings. The minimum atomic E-state index is 0.790. The highest BCUT2D eigenvalue weighted by molar-refractivity contribution is 8.00. The number of hydrogen-bond donors (Lipinski definition) is 0. The van der Waals surface area contributed by atoms with Crippen molar-refractivity contribution in [2.75, 3.05) is 0 Å². The Bertz CT molecular complexity index is 331. The first-order chi connectivity index (χ1) is 8.40. The van der Waals surface area contributed by atoms with E-state index in [1.165, 1.54) is 43.4 Å². The molecule has 1 saturated carbocycles. The Labute approximate surface area is 110 Å². The minimum Gasteiger partial charge on any atom is -0.122 e. The van der Waals surface area contributed by atoms with Crippen LogP contribution >= 0.6 is 11.8 Å². The highest BCUT2D eigenvalue weighted by Crippen LogP contribution is 2.38. The summed E-state index contributed by atoms with van der Waals surface area (Å²) in [6.45, 7) is 3.92. The van der Waals surface area contributed by atoms with Crippen molar-refractivity contribution >= 4 is 11.8 Å². The summed E-state index contributed by atoms with van der Waals surface area (Å²) < 4.78 is 0. The molecule has 0 bridgehead atoms. The van der Waals surface area contributed by atoms with Crippen molar-refractivity contribution in [2.45, 2.75) is 48.7 Å². The van der Waals surface area contributed by atoms with Crippen molar-refractivity contribution in [1.82, 2.24) is 0 Å². The lowest BCUT2D eigenvalue weighted by Crippen LogP contribution is -2.15. The largest absolute Gasteiger partial charge is 0.122 e. The molecular weight excluding hydrogens is 224 g/mol. The van der Waals surface area contributed by atoms with Crippen LogP contribution in [-0.2, 0) is 0 Å². The molecule has 2 rings (SSSR count). The van der Waals surface area contributed by atoms with Gasteiger partial charge in [0.15, 0.2) is 0 Å². The molecule has 0 heterocycles. The minimum absolute atomic E-state index is 0.790. The second kappa shape index (κ2) is 6.90. The van der Waals surface area contributed by atoms with E-state index in [9.17, 15) is 0 Å². The van der Waals surface area contributed by atoms with Gasteiger partial charge in [0.05, 0.1) is 0 Å². The molecule has 1 fully saturated rings. The Balaban J connectivity index is 2.02. The Morgan fingerprint density at radius 3 is 2.65 bits per heavy atom. The lowest BCUT2D eigenvalue weighted by molar-refractivity contribution is 0.479. The molecule has 92 valence electrons. The van der Waals surface area contributed by atoms with Gasteiger partial charge in [0, 0.05) is 10.1 Å². The molecule has 0 aliphatic heterocycles. The molecule has 1 aromatic carbocycles. The fourth-order valence-electron chi connectivity index (χ4n) is 2.66. The van der Waals surface area contributed by atoms with Crippen LogP contribution in [0.3, 0.4) is 0 Å². The summed E-state index contributed by atoms with van der Waals surface area (Å²) in [5.74, 6) is 0.834. The van der Waals surface area contributed by atoms with Crippen molar-refractivity contribution in [1.29, 1.82) is 0 Å². The fraction of sp³-hybridized carbons (Fsp3) is 0.500. The van der Waals surface area contributed by atoms with Crippen LogP contribution < -0.4 is 0 Å². The third-order valence-corrected chi connectivity index (χ3v) is 5.06. The molecule has 0 amide bonds. The summed E-state index contributed by atoms with van der Waals surface area (Å²) >= 11 is 2.08. The van der Waals surface area contributed by atoms with Crippen LogP contribution in [-0.4, -0.2) is 5.25 Å². The smallest absolute Gasteiger partial charge is 0.0126 e. The average molecular weight is 246 g/mol. The third-order valence-electron chi connectivity index (χ3n) is 3.59. The Kier molecular flexibility index (Phi) is 5.18. The predicted octanol–water partition coefficient (Wildman–Crippen LogP) is 5.30. The number of allylic oxidation sites excluding steroid dienone is 1. The van der Waals surface area contributed by atoms with Gasteiger partial charge >= 0.3 is 0 Å². The van der Waals surface area contributed by atoms with Gasteiger partial charge in [0.1, 0.15) is 0 Å². The van der Waals surface area contributed by atoms with E-state index >= 15 is 0 Å². The summed E-state index contributed by atoms with van der Waals surface area (Å²) in [6, 6.07) is 10.8. The molecule has 0 spiro atoms. The normalized spacial score (nSPS) is 25.2. The predicted molar refractivity (Wildman–Crippen MR) is 77.5 cm³/mol. The maximum atomic E-state index is 3.92.